The van der Waals surface area contributed by atoms with Gasteiger partial charge in [-0.25, -0.2) is 9.97 Å². The molecule has 2 aromatic rings. The van der Waals surface area contributed by atoms with E-state index in [4.69, 9.17) is 4.74 Å². The summed E-state index contributed by atoms with van der Waals surface area (Å²) in [6.07, 6.45) is 8.80. The molecule has 2 heterocycles. The molecule has 1 unspecified atom stereocenters. The van der Waals surface area contributed by atoms with E-state index in [0.717, 1.165) is 55.4 Å². The standard InChI is InChI=1S/C20H27N3O2S/c1-25-18-6-3-5-16(9-18)10-20(15-24)7-4-8-23(14-20)13-17-11-21-19(26-2)22-12-17/h3,5-6,9,11-12,24H,4,7-8,10,13-15H2,1-2H3. The molecule has 0 aliphatic carbocycles. The maximum absolute atomic E-state index is 10.2. The fourth-order valence-electron chi connectivity index (χ4n) is 3.78. The van der Waals surface area contributed by atoms with Gasteiger partial charge in [-0.05, 0) is 49.8 Å². The van der Waals surface area contributed by atoms with Crippen molar-refractivity contribution in [3.63, 3.8) is 0 Å². The number of aliphatic hydroxyl groups excluding tert-OH is 1. The molecule has 1 aromatic heterocycles. The van der Waals surface area contributed by atoms with Gasteiger partial charge < -0.3 is 9.84 Å². The second-order valence-electron chi connectivity index (χ2n) is 7.08. The van der Waals surface area contributed by atoms with Crippen LogP contribution in [0.3, 0.4) is 0 Å². The van der Waals surface area contributed by atoms with Crippen LogP contribution >= 0.6 is 11.8 Å². The fraction of sp³-hybridized carbons (Fsp3) is 0.500. The molecular weight excluding hydrogens is 346 g/mol. The summed E-state index contributed by atoms with van der Waals surface area (Å²) in [5, 5.41) is 11.0. The van der Waals surface area contributed by atoms with Crippen LogP contribution in [0.1, 0.15) is 24.0 Å². The van der Waals surface area contributed by atoms with Crippen LogP contribution in [0.4, 0.5) is 0 Å². The predicted molar refractivity (Wildman–Crippen MR) is 105 cm³/mol. The molecular formula is C20H27N3O2S. The second kappa shape index (κ2) is 8.84. The molecule has 1 saturated heterocycles. The summed E-state index contributed by atoms with van der Waals surface area (Å²) in [4.78, 5) is 11.1. The third-order valence-electron chi connectivity index (χ3n) is 5.06. The lowest BCUT2D eigenvalue weighted by Crippen LogP contribution is -2.46. The molecule has 26 heavy (non-hydrogen) atoms. The van der Waals surface area contributed by atoms with E-state index in [0.29, 0.717) is 0 Å². The molecule has 0 saturated carbocycles. The minimum absolute atomic E-state index is 0.106. The van der Waals surface area contributed by atoms with Gasteiger partial charge in [0, 0.05) is 36.5 Å². The van der Waals surface area contributed by atoms with Crippen molar-refractivity contribution in [1.82, 2.24) is 14.9 Å². The van der Waals surface area contributed by atoms with Crippen LogP contribution < -0.4 is 4.74 Å². The first-order valence-electron chi connectivity index (χ1n) is 8.97. The van der Waals surface area contributed by atoms with Crippen LogP contribution in [0.2, 0.25) is 0 Å². The highest BCUT2D eigenvalue weighted by atomic mass is 32.2. The normalized spacial score (nSPS) is 20.9. The van der Waals surface area contributed by atoms with E-state index in [2.05, 4.69) is 27.0 Å². The minimum atomic E-state index is -0.106. The number of likely N-dealkylation sites (tertiary alicyclic amines) is 1. The van der Waals surface area contributed by atoms with E-state index in [-0.39, 0.29) is 12.0 Å². The van der Waals surface area contributed by atoms with Crippen LogP contribution in [0, 0.1) is 5.41 Å². The predicted octanol–water partition coefficient (Wildman–Crippen LogP) is 3.02. The van der Waals surface area contributed by atoms with Gasteiger partial charge in [0.05, 0.1) is 13.7 Å². The SMILES string of the molecule is COc1cccc(CC2(CO)CCCN(Cc3cnc(SC)nc3)C2)c1. The number of ether oxygens (including phenoxy) is 1. The van der Waals surface area contributed by atoms with Gasteiger partial charge in [0.25, 0.3) is 0 Å². The lowest BCUT2D eigenvalue weighted by atomic mass is 9.75. The summed E-state index contributed by atoms with van der Waals surface area (Å²) >= 11 is 1.55. The number of hydrogen-bond acceptors (Lipinski definition) is 6. The molecule has 140 valence electrons. The average molecular weight is 374 g/mol. The molecule has 6 heteroatoms. The van der Waals surface area contributed by atoms with Gasteiger partial charge in [-0.2, -0.15) is 0 Å². The van der Waals surface area contributed by atoms with Gasteiger partial charge >= 0.3 is 0 Å². The van der Waals surface area contributed by atoms with Crippen molar-refractivity contribution < 1.29 is 9.84 Å². The Hall–Kier alpha value is -1.63. The van der Waals surface area contributed by atoms with E-state index in [1.807, 2.05) is 30.8 Å². The van der Waals surface area contributed by atoms with Gasteiger partial charge in [0.2, 0.25) is 0 Å². The number of nitrogens with zero attached hydrogens (tertiary/aromatic N) is 3. The minimum Gasteiger partial charge on any atom is -0.497 e. The second-order valence-corrected chi connectivity index (χ2v) is 7.85. The van der Waals surface area contributed by atoms with Crippen molar-refractivity contribution in [2.45, 2.75) is 31.0 Å². The van der Waals surface area contributed by atoms with Crippen LogP contribution in [0.15, 0.2) is 41.8 Å². The van der Waals surface area contributed by atoms with Crippen LogP contribution in [0.5, 0.6) is 5.75 Å². The van der Waals surface area contributed by atoms with Crippen molar-refractivity contribution in [3.8, 4) is 5.75 Å². The number of methoxy groups -OCH3 is 1. The Kier molecular flexibility index (Phi) is 6.51. The molecule has 0 amide bonds. The zero-order valence-electron chi connectivity index (χ0n) is 15.5. The first-order chi connectivity index (χ1) is 12.7. The van der Waals surface area contributed by atoms with E-state index in [9.17, 15) is 5.11 Å². The number of hydrogen-bond donors (Lipinski definition) is 1. The van der Waals surface area contributed by atoms with Gasteiger partial charge in [-0.3, -0.25) is 4.90 Å². The smallest absolute Gasteiger partial charge is 0.187 e. The summed E-state index contributed by atoms with van der Waals surface area (Å²) in [7, 11) is 1.69. The topological polar surface area (TPSA) is 58.5 Å². The Bertz CT molecular complexity index is 710. The monoisotopic (exact) mass is 373 g/mol. The van der Waals surface area contributed by atoms with E-state index in [1.54, 1.807) is 18.9 Å². The van der Waals surface area contributed by atoms with Crippen molar-refractivity contribution in [2.75, 3.05) is 33.1 Å². The largest absolute Gasteiger partial charge is 0.497 e. The molecule has 0 radical (unpaired) electrons. The molecule has 1 aromatic carbocycles. The van der Waals surface area contributed by atoms with Crippen molar-refractivity contribution in [1.29, 1.82) is 0 Å². The van der Waals surface area contributed by atoms with Gasteiger partial charge in [0.15, 0.2) is 5.16 Å². The highest BCUT2D eigenvalue weighted by Crippen LogP contribution is 2.34. The van der Waals surface area contributed by atoms with Crippen molar-refractivity contribution >= 4 is 11.8 Å². The number of aromatic nitrogens is 2. The number of benzene rings is 1. The van der Waals surface area contributed by atoms with Gasteiger partial charge in [-0.1, -0.05) is 23.9 Å². The van der Waals surface area contributed by atoms with Crippen molar-refractivity contribution in [3.05, 3.63) is 47.8 Å². The maximum atomic E-state index is 10.2. The van der Waals surface area contributed by atoms with Crippen LogP contribution in [-0.4, -0.2) is 53.0 Å². The van der Waals surface area contributed by atoms with E-state index in [1.165, 1.54) is 5.56 Å². The van der Waals surface area contributed by atoms with Crippen molar-refractivity contribution in [2.24, 2.45) is 5.41 Å². The summed E-state index contributed by atoms with van der Waals surface area (Å²) in [5.74, 6) is 0.870. The first kappa shape index (κ1) is 19.1. The molecule has 1 atom stereocenters. The Morgan fingerprint density at radius 3 is 2.77 bits per heavy atom. The van der Waals surface area contributed by atoms with Gasteiger partial charge in [-0.15, -0.1) is 0 Å². The summed E-state index contributed by atoms with van der Waals surface area (Å²) in [6.45, 7) is 2.95. The van der Waals surface area contributed by atoms with E-state index >= 15 is 0 Å². The molecule has 0 spiro atoms. The molecule has 1 N–H and O–H groups in total. The Morgan fingerprint density at radius 2 is 2.08 bits per heavy atom. The Labute approximate surface area is 159 Å². The summed E-state index contributed by atoms with van der Waals surface area (Å²) < 4.78 is 5.34. The average Bonchev–Trinajstić information content (AvgIpc) is 2.69. The number of aliphatic hydroxyl groups is 1. The zero-order chi connectivity index (χ0) is 18.4. The number of piperidine rings is 1. The van der Waals surface area contributed by atoms with Crippen LogP contribution in [-0.2, 0) is 13.0 Å². The lowest BCUT2D eigenvalue weighted by Gasteiger charge is -2.42. The molecule has 1 aliphatic rings. The summed E-state index contributed by atoms with van der Waals surface area (Å²) in [5.41, 5.74) is 2.23. The lowest BCUT2D eigenvalue weighted by molar-refractivity contribution is 0.0287. The Balaban J connectivity index is 1.69. The third kappa shape index (κ3) is 4.75. The molecule has 0 bridgehead atoms. The van der Waals surface area contributed by atoms with Crippen LogP contribution in [0.25, 0.3) is 0 Å². The zero-order valence-corrected chi connectivity index (χ0v) is 16.3. The highest BCUT2D eigenvalue weighted by molar-refractivity contribution is 7.98. The fourth-order valence-corrected chi connectivity index (χ4v) is 4.09. The number of rotatable bonds is 7. The maximum Gasteiger partial charge on any atom is 0.187 e. The molecule has 1 aliphatic heterocycles. The molecule has 5 nitrogen and oxygen atoms in total. The Morgan fingerprint density at radius 1 is 1.27 bits per heavy atom. The van der Waals surface area contributed by atoms with Gasteiger partial charge in [0.1, 0.15) is 5.75 Å². The molecule has 1 fully saturated rings. The third-order valence-corrected chi connectivity index (χ3v) is 5.64. The highest BCUT2D eigenvalue weighted by Gasteiger charge is 2.35. The molecule has 3 rings (SSSR count). The summed E-state index contributed by atoms with van der Waals surface area (Å²) in [6, 6.07) is 8.17. The van der Waals surface area contributed by atoms with E-state index < -0.39 is 0 Å². The number of thioether (sulfide) groups is 1. The quantitative estimate of drug-likeness (QED) is 0.595. The first-order valence-corrected chi connectivity index (χ1v) is 10.2.